The van der Waals surface area contributed by atoms with Gasteiger partial charge in [0.15, 0.2) is 0 Å². The predicted molar refractivity (Wildman–Crippen MR) is 129 cm³/mol. The van der Waals surface area contributed by atoms with Crippen molar-refractivity contribution < 1.29 is 14.1 Å². The second-order valence-electron chi connectivity index (χ2n) is 8.51. The lowest BCUT2D eigenvalue weighted by molar-refractivity contribution is 0.0512. The van der Waals surface area contributed by atoms with Crippen LogP contribution in [0.25, 0.3) is 5.78 Å². The van der Waals surface area contributed by atoms with Gasteiger partial charge in [-0.25, -0.2) is 9.50 Å². The van der Waals surface area contributed by atoms with E-state index in [0.717, 1.165) is 17.0 Å². The first-order chi connectivity index (χ1) is 16.9. The Hall–Kier alpha value is -3.73. The maximum Gasteiger partial charge on any atom is 0.292 e. The number of rotatable bonds is 5. The zero-order valence-corrected chi connectivity index (χ0v) is 20.6. The van der Waals surface area contributed by atoms with Crippen molar-refractivity contribution in [3.8, 4) is 0 Å². The summed E-state index contributed by atoms with van der Waals surface area (Å²) in [4.78, 5) is 38.4. The summed E-state index contributed by atoms with van der Waals surface area (Å²) in [6.45, 7) is 7.47. The van der Waals surface area contributed by atoms with E-state index in [1.54, 1.807) is 27.3 Å². The lowest BCUT2D eigenvalue weighted by Gasteiger charge is -2.34. The molecule has 0 saturated carbocycles. The highest BCUT2D eigenvalue weighted by atomic mass is 32.2. The van der Waals surface area contributed by atoms with E-state index in [-0.39, 0.29) is 17.6 Å². The molecule has 4 heterocycles. The normalized spacial score (nSPS) is 14.0. The molecule has 1 aliphatic rings. The van der Waals surface area contributed by atoms with Crippen molar-refractivity contribution in [2.75, 3.05) is 26.2 Å². The number of benzene rings is 1. The van der Waals surface area contributed by atoms with Crippen LogP contribution in [0.4, 0.5) is 0 Å². The second-order valence-corrected chi connectivity index (χ2v) is 9.45. The summed E-state index contributed by atoms with van der Waals surface area (Å²) >= 11 is 1.47. The average molecular weight is 492 g/mol. The van der Waals surface area contributed by atoms with Gasteiger partial charge in [0.25, 0.3) is 17.6 Å². The molecule has 2 amide bonds. The molecule has 180 valence electrons. The summed E-state index contributed by atoms with van der Waals surface area (Å²) in [7, 11) is 0. The van der Waals surface area contributed by atoms with Crippen molar-refractivity contribution in [3.05, 3.63) is 70.4 Å². The first kappa shape index (κ1) is 23.0. The fourth-order valence-corrected chi connectivity index (χ4v) is 4.93. The van der Waals surface area contributed by atoms with E-state index in [2.05, 4.69) is 20.2 Å². The SMILES string of the molecule is Cc1cc(C(=O)N2CCN(C(=O)c3ccccc3CSc3nc4nc(C)cc(C)n4n3)CC2)on1. The van der Waals surface area contributed by atoms with E-state index in [0.29, 0.717) is 54.1 Å². The Bertz CT molecular complexity index is 1410. The minimum atomic E-state index is -0.200. The van der Waals surface area contributed by atoms with Crippen LogP contribution < -0.4 is 0 Å². The Morgan fingerprint density at radius 1 is 0.943 bits per heavy atom. The minimum Gasteiger partial charge on any atom is -0.351 e. The molecule has 0 unspecified atom stereocenters. The molecule has 5 rings (SSSR count). The molecule has 0 bridgehead atoms. The van der Waals surface area contributed by atoms with Gasteiger partial charge in [-0.05, 0) is 38.5 Å². The molecule has 0 radical (unpaired) electrons. The number of carbonyl (C=O) groups is 2. The van der Waals surface area contributed by atoms with Crippen molar-refractivity contribution in [1.29, 1.82) is 0 Å². The Balaban J connectivity index is 1.25. The largest absolute Gasteiger partial charge is 0.351 e. The third-order valence-corrected chi connectivity index (χ3v) is 6.78. The molecule has 3 aromatic heterocycles. The fraction of sp³-hybridized carbons (Fsp3) is 0.333. The molecular formula is C24H25N7O3S. The number of fused-ring (bicyclic) bond motifs is 1. The van der Waals surface area contributed by atoms with Gasteiger partial charge in [0.1, 0.15) is 0 Å². The van der Waals surface area contributed by atoms with Crippen molar-refractivity contribution >= 4 is 29.4 Å². The van der Waals surface area contributed by atoms with Gasteiger partial charge in [0.2, 0.25) is 10.9 Å². The lowest BCUT2D eigenvalue weighted by Crippen LogP contribution is -2.50. The van der Waals surface area contributed by atoms with Crippen LogP contribution in [-0.2, 0) is 5.75 Å². The van der Waals surface area contributed by atoms with E-state index in [9.17, 15) is 9.59 Å². The van der Waals surface area contributed by atoms with Crippen LogP contribution in [-0.4, -0.2) is 72.5 Å². The lowest BCUT2D eigenvalue weighted by atomic mass is 10.1. The van der Waals surface area contributed by atoms with Gasteiger partial charge >= 0.3 is 0 Å². The summed E-state index contributed by atoms with van der Waals surface area (Å²) in [5, 5.41) is 8.94. The quantitative estimate of drug-likeness (QED) is 0.392. The van der Waals surface area contributed by atoms with Gasteiger partial charge in [-0.2, -0.15) is 4.98 Å². The molecule has 4 aromatic rings. The first-order valence-corrected chi connectivity index (χ1v) is 12.3. The summed E-state index contributed by atoms with van der Waals surface area (Å²) in [5.41, 5.74) is 4.10. The third-order valence-electron chi connectivity index (χ3n) is 5.90. The van der Waals surface area contributed by atoms with Crippen molar-refractivity contribution in [2.45, 2.75) is 31.7 Å². The summed E-state index contributed by atoms with van der Waals surface area (Å²) in [6, 6.07) is 11.2. The monoisotopic (exact) mass is 491 g/mol. The summed E-state index contributed by atoms with van der Waals surface area (Å²) in [6.07, 6.45) is 0. The Morgan fingerprint density at radius 3 is 2.37 bits per heavy atom. The standard InChI is InChI=1S/C24H25N7O3S/c1-15-12-17(3)31-23(25-15)26-24(27-31)35-14-18-6-4-5-7-19(18)21(32)29-8-10-30(11-9-29)22(33)20-13-16(2)28-34-20/h4-7,12-13H,8-11,14H2,1-3H3. The highest BCUT2D eigenvalue weighted by Crippen LogP contribution is 2.24. The van der Waals surface area contributed by atoms with Gasteiger partial charge in [-0.15, -0.1) is 5.10 Å². The van der Waals surface area contributed by atoms with Crippen LogP contribution in [0, 0.1) is 20.8 Å². The predicted octanol–water partition coefficient (Wildman–Crippen LogP) is 2.93. The Morgan fingerprint density at radius 2 is 1.66 bits per heavy atom. The maximum atomic E-state index is 13.3. The van der Waals surface area contributed by atoms with Crippen molar-refractivity contribution in [1.82, 2.24) is 34.5 Å². The van der Waals surface area contributed by atoms with E-state index in [1.807, 2.05) is 44.2 Å². The van der Waals surface area contributed by atoms with Crippen molar-refractivity contribution in [2.24, 2.45) is 0 Å². The van der Waals surface area contributed by atoms with Gasteiger partial charge in [0, 0.05) is 54.9 Å². The number of hydrogen-bond acceptors (Lipinski definition) is 8. The third kappa shape index (κ3) is 4.76. The maximum absolute atomic E-state index is 13.3. The van der Waals surface area contributed by atoms with Gasteiger partial charge in [-0.3, -0.25) is 9.59 Å². The van der Waals surface area contributed by atoms with Crippen LogP contribution in [0.3, 0.4) is 0 Å². The van der Waals surface area contributed by atoms with Crippen molar-refractivity contribution in [3.63, 3.8) is 0 Å². The number of carbonyl (C=O) groups excluding carboxylic acids is 2. The topological polar surface area (TPSA) is 110 Å². The zero-order valence-electron chi connectivity index (χ0n) is 19.8. The number of thioether (sulfide) groups is 1. The number of amides is 2. The second kappa shape index (κ2) is 9.49. The van der Waals surface area contributed by atoms with Crippen LogP contribution in [0.2, 0.25) is 0 Å². The van der Waals surface area contributed by atoms with Crippen LogP contribution >= 0.6 is 11.8 Å². The molecule has 0 atom stereocenters. The van der Waals surface area contributed by atoms with E-state index in [1.165, 1.54) is 11.8 Å². The number of hydrogen-bond donors (Lipinski definition) is 0. The Kier molecular flexibility index (Phi) is 6.25. The highest BCUT2D eigenvalue weighted by Gasteiger charge is 2.28. The number of piperazine rings is 1. The molecule has 0 spiro atoms. The van der Waals surface area contributed by atoms with Crippen LogP contribution in [0.15, 0.2) is 46.1 Å². The molecule has 1 fully saturated rings. The van der Waals surface area contributed by atoms with Crippen LogP contribution in [0.5, 0.6) is 0 Å². The number of nitrogens with zero attached hydrogens (tertiary/aromatic N) is 7. The molecule has 1 aliphatic heterocycles. The summed E-state index contributed by atoms with van der Waals surface area (Å²) < 4.78 is 6.82. The van der Waals surface area contributed by atoms with Crippen LogP contribution in [0.1, 0.15) is 43.6 Å². The molecule has 0 N–H and O–H groups in total. The van der Waals surface area contributed by atoms with Gasteiger partial charge < -0.3 is 14.3 Å². The zero-order chi connectivity index (χ0) is 24.5. The molecule has 35 heavy (non-hydrogen) atoms. The number of aryl methyl sites for hydroxylation is 3. The van der Waals surface area contributed by atoms with E-state index in [4.69, 9.17) is 4.52 Å². The molecule has 1 saturated heterocycles. The van der Waals surface area contributed by atoms with Gasteiger partial charge in [-0.1, -0.05) is 35.1 Å². The molecule has 0 aliphatic carbocycles. The van der Waals surface area contributed by atoms with Gasteiger partial charge in [0.05, 0.1) is 5.69 Å². The highest BCUT2D eigenvalue weighted by molar-refractivity contribution is 7.98. The molecule has 10 nitrogen and oxygen atoms in total. The average Bonchev–Trinajstić information content (AvgIpc) is 3.48. The molecular weight excluding hydrogens is 466 g/mol. The minimum absolute atomic E-state index is 0.0418. The summed E-state index contributed by atoms with van der Waals surface area (Å²) in [5.74, 6) is 1.11. The molecule has 11 heteroatoms. The Labute approximate surface area is 206 Å². The first-order valence-electron chi connectivity index (χ1n) is 11.3. The fourth-order valence-electron chi connectivity index (χ4n) is 4.11. The van der Waals surface area contributed by atoms with E-state index >= 15 is 0 Å². The smallest absolute Gasteiger partial charge is 0.292 e. The number of aromatic nitrogens is 5. The molecule has 1 aromatic carbocycles. The van der Waals surface area contributed by atoms with E-state index < -0.39 is 0 Å².